The molecule has 0 aliphatic carbocycles. The Balaban J connectivity index is 1.81. The van der Waals surface area contributed by atoms with Gasteiger partial charge in [-0.1, -0.05) is 25.1 Å². The molecule has 1 saturated heterocycles. The summed E-state index contributed by atoms with van der Waals surface area (Å²) in [4.78, 5) is 16.4. The third-order valence-electron chi connectivity index (χ3n) is 4.91. The van der Waals surface area contributed by atoms with Crippen molar-refractivity contribution in [2.24, 2.45) is 11.8 Å². The number of pyridine rings is 1. The van der Waals surface area contributed by atoms with Crippen LogP contribution in [0.5, 0.6) is 0 Å². The van der Waals surface area contributed by atoms with Crippen molar-refractivity contribution in [2.45, 2.75) is 38.5 Å². The summed E-state index contributed by atoms with van der Waals surface area (Å²) in [5, 5.41) is 27.1. The second-order valence-corrected chi connectivity index (χ2v) is 6.97. The Morgan fingerprint density at radius 2 is 2.24 bits per heavy atom. The quantitative estimate of drug-likeness (QED) is 0.694. The van der Waals surface area contributed by atoms with E-state index in [2.05, 4.69) is 30.9 Å². The number of aromatic amines is 1. The monoisotopic (exact) mass is 344 g/mol. The average molecular weight is 344 g/mol. The number of carboxylic acids is 1. The Labute approximate surface area is 146 Å². The summed E-state index contributed by atoms with van der Waals surface area (Å²) in [6.07, 6.45) is 3.47. The first-order valence-corrected chi connectivity index (χ1v) is 8.68. The molecule has 1 aliphatic rings. The van der Waals surface area contributed by atoms with E-state index >= 15 is 0 Å². The molecule has 134 valence electrons. The molecule has 0 spiro atoms. The first-order chi connectivity index (χ1) is 12.1. The van der Waals surface area contributed by atoms with Crippen molar-refractivity contribution in [3.8, 4) is 0 Å². The summed E-state index contributed by atoms with van der Waals surface area (Å²) in [6, 6.07) is 4.08. The van der Waals surface area contributed by atoms with Crippen LogP contribution in [-0.2, 0) is 11.2 Å². The lowest BCUT2D eigenvalue weighted by atomic mass is 9.79. The fourth-order valence-electron chi connectivity index (χ4n) is 3.59. The summed E-state index contributed by atoms with van der Waals surface area (Å²) in [6.45, 7) is 5.80. The van der Waals surface area contributed by atoms with E-state index in [9.17, 15) is 9.90 Å². The highest BCUT2D eigenvalue weighted by Gasteiger charge is 2.35. The Morgan fingerprint density at radius 1 is 1.40 bits per heavy atom. The van der Waals surface area contributed by atoms with E-state index in [4.69, 9.17) is 0 Å². The largest absolute Gasteiger partial charge is 0.481 e. The van der Waals surface area contributed by atoms with Crippen LogP contribution in [0.2, 0.25) is 0 Å². The van der Waals surface area contributed by atoms with Gasteiger partial charge in [-0.15, -0.1) is 10.2 Å². The van der Waals surface area contributed by atoms with Gasteiger partial charge in [0.2, 0.25) is 0 Å². The maximum absolute atomic E-state index is 11.8. The lowest BCUT2D eigenvalue weighted by Crippen LogP contribution is -2.29. The number of H-pyrrole nitrogens is 1. The maximum Gasteiger partial charge on any atom is 0.307 e. The van der Waals surface area contributed by atoms with Gasteiger partial charge < -0.3 is 10.4 Å². The molecule has 0 amide bonds. The van der Waals surface area contributed by atoms with E-state index in [1.165, 1.54) is 0 Å². The molecule has 1 fully saturated rings. The second-order valence-electron chi connectivity index (χ2n) is 6.97. The van der Waals surface area contributed by atoms with Gasteiger partial charge in [-0.3, -0.25) is 9.78 Å². The Morgan fingerprint density at radius 3 is 2.76 bits per heavy atom. The third-order valence-corrected chi connectivity index (χ3v) is 4.91. The van der Waals surface area contributed by atoms with Crippen molar-refractivity contribution >= 4 is 5.97 Å². The molecular weight excluding hydrogens is 320 g/mol. The molecule has 2 aromatic rings. The van der Waals surface area contributed by atoms with Crippen molar-refractivity contribution in [3.63, 3.8) is 0 Å². The number of nitrogens with zero attached hydrogens (tertiary/aromatic N) is 4. The smallest absolute Gasteiger partial charge is 0.307 e. The maximum atomic E-state index is 11.8. The van der Waals surface area contributed by atoms with Crippen molar-refractivity contribution < 1.29 is 9.90 Å². The van der Waals surface area contributed by atoms with Crippen LogP contribution in [-0.4, -0.2) is 49.8 Å². The van der Waals surface area contributed by atoms with E-state index < -0.39 is 11.9 Å². The van der Waals surface area contributed by atoms with E-state index in [1.807, 2.05) is 32.2 Å². The van der Waals surface area contributed by atoms with Gasteiger partial charge in [0.05, 0.1) is 5.92 Å². The van der Waals surface area contributed by atoms with Gasteiger partial charge in [0.1, 0.15) is 0 Å². The zero-order valence-corrected chi connectivity index (χ0v) is 14.5. The van der Waals surface area contributed by atoms with E-state index in [1.54, 1.807) is 0 Å². The average Bonchev–Trinajstić information content (AvgIpc) is 3.28. The highest BCUT2D eigenvalue weighted by Crippen LogP contribution is 2.32. The lowest BCUT2D eigenvalue weighted by Gasteiger charge is -2.24. The van der Waals surface area contributed by atoms with E-state index in [0.717, 1.165) is 30.8 Å². The molecule has 3 N–H and O–H groups in total. The van der Waals surface area contributed by atoms with Crippen LogP contribution in [0.1, 0.15) is 49.2 Å². The van der Waals surface area contributed by atoms with Crippen molar-refractivity contribution in [2.75, 3.05) is 13.1 Å². The van der Waals surface area contributed by atoms with Gasteiger partial charge in [-0.2, -0.15) is 5.21 Å². The predicted molar refractivity (Wildman–Crippen MR) is 91.1 cm³/mol. The fraction of sp³-hybridized carbons (Fsp3) is 0.588. The molecule has 8 nitrogen and oxygen atoms in total. The highest BCUT2D eigenvalue weighted by molar-refractivity contribution is 5.71. The molecule has 8 heteroatoms. The molecule has 1 aliphatic heterocycles. The number of nitrogens with one attached hydrogen (secondary N) is 2. The zero-order valence-electron chi connectivity index (χ0n) is 14.5. The Kier molecular flexibility index (Phi) is 5.37. The number of carboxylic acid groups (broad SMARTS) is 1. The van der Waals surface area contributed by atoms with Crippen LogP contribution >= 0.6 is 0 Å². The first kappa shape index (κ1) is 17.5. The Hall–Kier alpha value is -2.35. The topological polar surface area (TPSA) is 117 Å². The van der Waals surface area contributed by atoms with Crippen molar-refractivity contribution in [1.82, 2.24) is 30.9 Å². The number of aromatic nitrogens is 5. The zero-order chi connectivity index (χ0) is 17.8. The van der Waals surface area contributed by atoms with Gasteiger partial charge in [0.25, 0.3) is 0 Å². The highest BCUT2D eigenvalue weighted by atomic mass is 16.4. The molecule has 3 heterocycles. The molecule has 3 unspecified atom stereocenters. The molecule has 3 atom stereocenters. The fourth-order valence-corrected chi connectivity index (χ4v) is 3.59. The van der Waals surface area contributed by atoms with Crippen LogP contribution < -0.4 is 5.32 Å². The minimum atomic E-state index is -0.841. The molecule has 0 radical (unpaired) electrons. The minimum Gasteiger partial charge on any atom is -0.481 e. The van der Waals surface area contributed by atoms with Crippen molar-refractivity contribution in [1.29, 1.82) is 0 Å². The van der Waals surface area contributed by atoms with E-state index in [-0.39, 0.29) is 11.8 Å². The summed E-state index contributed by atoms with van der Waals surface area (Å²) < 4.78 is 0. The molecular formula is C17H24N6O2. The third kappa shape index (κ3) is 4.01. The molecule has 0 saturated carbocycles. The van der Waals surface area contributed by atoms with Crippen LogP contribution in [0.3, 0.4) is 0 Å². The normalized spacial score (nSPS) is 19.9. The second kappa shape index (κ2) is 7.69. The number of aliphatic carboxylic acids is 1. The first-order valence-electron chi connectivity index (χ1n) is 8.68. The van der Waals surface area contributed by atoms with Gasteiger partial charge in [-0.25, -0.2) is 0 Å². The summed E-state index contributed by atoms with van der Waals surface area (Å²) in [5.74, 6) is -0.924. The van der Waals surface area contributed by atoms with Gasteiger partial charge >= 0.3 is 5.97 Å². The molecule has 25 heavy (non-hydrogen) atoms. The minimum absolute atomic E-state index is 0.0437. The SMILES string of the molecule is CC(C)C(C(=O)O)C(Cc1ccc(C2CCNC2)nc1)c1nn[nH]n1. The molecule has 0 bridgehead atoms. The predicted octanol–water partition coefficient (Wildman–Crippen LogP) is 1.35. The van der Waals surface area contributed by atoms with Crippen molar-refractivity contribution in [3.05, 3.63) is 35.4 Å². The molecule has 3 rings (SSSR count). The van der Waals surface area contributed by atoms with Crippen LogP contribution in [0, 0.1) is 11.8 Å². The van der Waals surface area contributed by atoms with E-state index in [0.29, 0.717) is 18.2 Å². The number of tetrazole rings is 1. The number of hydrogen-bond donors (Lipinski definition) is 3. The molecule has 2 aromatic heterocycles. The van der Waals surface area contributed by atoms with Gasteiger partial charge in [0, 0.05) is 30.3 Å². The Bertz CT molecular complexity index is 680. The summed E-state index contributed by atoms with van der Waals surface area (Å²) in [5.41, 5.74) is 2.07. The van der Waals surface area contributed by atoms with Gasteiger partial charge in [-0.05, 0) is 36.9 Å². The van der Waals surface area contributed by atoms with Gasteiger partial charge in [0.15, 0.2) is 5.82 Å². The number of hydrogen-bond acceptors (Lipinski definition) is 6. The van der Waals surface area contributed by atoms with Crippen LogP contribution in [0.4, 0.5) is 0 Å². The lowest BCUT2D eigenvalue weighted by molar-refractivity contribution is -0.144. The number of carbonyl (C=O) groups is 1. The standard InChI is InChI=1S/C17H24N6O2/c1-10(2)15(17(24)25)13(16-20-22-23-21-16)7-11-3-4-14(19-8-11)12-5-6-18-9-12/h3-4,8,10,12-13,15,18H,5-7,9H2,1-2H3,(H,24,25)(H,20,21,22,23). The van der Waals surface area contributed by atoms with Crippen LogP contribution in [0.25, 0.3) is 0 Å². The number of rotatable bonds is 7. The summed E-state index contributed by atoms with van der Waals surface area (Å²) >= 11 is 0. The van der Waals surface area contributed by atoms with Crippen LogP contribution in [0.15, 0.2) is 18.3 Å². The molecule has 0 aromatic carbocycles. The summed E-state index contributed by atoms with van der Waals surface area (Å²) in [7, 11) is 0.